The van der Waals surface area contributed by atoms with E-state index in [0.29, 0.717) is 35.4 Å². The zero-order valence-corrected chi connectivity index (χ0v) is 22.9. The number of benzene rings is 2. The standard InChI is InChI=1S/C29H34N4O6/c1-29(2,3)19-12-18-13-24-23(14-22(18)31(16-19)28(37)38)30(4)27(36)33(24)21-10-11-25(34)32(26(21)35)15-17-6-8-20(39-5)9-7-17/h6-9,13-14,19,21H,10-12,15-16H2,1-5H3,(H,37,38). The molecular formula is C29H34N4O6. The van der Waals surface area contributed by atoms with Crippen LogP contribution in [0.2, 0.25) is 0 Å². The Hall–Kier alpha value is -4.08. The third kappa shape index (κ3) is 4.57. The molecule has 0 bridgehead atoms. The van der Waals surface area contributed by atoms with Gasteiger partial charge in [0.2, 0.25) is 5.91 Å². The minimum Gasteiger partial charge on any atom is -0.497 e. The summed E-state index contributed by atoms with van der Waals surface area (Å²) in [5.41, 5.74) is 2.78. The van der Waals surface area contributed by atoms with Gasteiger partial charge in [0.05, 0.1) is 30.4 Å². The quantitative estimate of drug-likeness (QED) is 0.507. The van der Waals surface area contributed by atoms with Crippen molar-refractivity contribution in [2.24, 2.45) is 18.4 Å². The van der Waals surface area contributed by atoms with E-state index in [0.717, 1.165) is 11.1 Å². The second-order valence-electron chi connectivity index (χ2n) is 11.6. The molecule has 0 aliphatic carbocycles. The lowest BCUT2D eigenvalue weighted by molar-refractivity contribution is -0.151. The van der Waals surface area contributed by atoms with Crippen LogP contribution in [0.3, 0.4) is 0 Å². The Balaban J connectivity index is 1.57. The van der Waals surface area contributed by atoms with E-state index in [-0.39, 0.29) is 42.3 Å². The predicted molar refractivity (Wildman–Crippen MR) is 146 cm³/mol. The molecule has 3 aromatic rings. The highest BCUT2D eigenvalue weighted by Crippen LogP contribution is 2.40. The molecule has 0 saturated carbocycles. The lowest BCUT2D eigenvalue weighted by atomic mass is 9.75. The number of ether oxygens (including phenoxy) is 1. The van der Waals surface area contributed by atoms with E-state index in [4.69, 9.17) is 4.74 Å². The van der Waals surface area contributed by atoms with Crippen LogP contribution in [-0.4, -0.2) is 50.7 Å². The summed E-state index contributed by atoms with van der Waals surface area (Å²) < 4.78 is 8.12. The Morgan fingerprint density at radius 3 is 2.38 bits per heavy atom. The summed E-state index contributed by atoms with van der Waals surface area (Å²) in [6, 6.07) is 9.91. The Morgan fingerprint density at radius 1 is 1.08 bits per heavy atom. The molecular weight excluding hydrogens is 500 g/mol. The van der Waals surface area contributed by atoms with Crippen molar-refractivity contribution in [2.75, 3.05) is 18.6 Å². The molecule has 0 spiro atoms. The molecule has 2 aromatic carbocycles. The molecule has 0 radical (unpaired) electrons. The average Bonchev–Trinajstić information content (AvgIpc) is 3.13. The summed E-state index contributed by atoms with van der Waals surface area (Å²) in [6.07, 6.45) is -0.0237. The number of hydrogen-bond donors (Lipinski definition) is 1. The largest absolute Gasteiger partial charge is 0.497 e. The number of anilines is 1. The second-order valence-corrected chi connectivity index (χ2v) is 11.6. The van der Waals surface area contributed by atoms with Gasteiger partial charge in [-0.15, -0.1) is 0 Å². The van der Waals surface area contributed by atoms with Crippen molar-refractivity contribution in [1.29, 1.82) is 0 Å². The zero-order valence-electron chi connectivity index (χ0n) is 22.9. The van der Waals surface area contributed by atoms with Gasteiger partial charge in [0, 0.05) is 20.0 Å². The molecule has 2 aliphatic heterocycles. The van der Waals surface area contributed by atoms with Gasteiger partial charge < -0.3 is 9.84 Å². The number of rotatable bonds is 4. The summed E-state index contributed by atoms with van der Waals surface area (Å²) in [5.74, 6) is 0.0575. The number of aryl methyl sites for hydroxylation is 1. The van der Waals surface area contributed by atoms with E-state index < -0.39 is 18.0 Å². The van der Waals surface area contributed by atoms with E-state index >= 15 is 0 Å². The van der Waals surface area contributed by atoms with Crippen LogP contribution < -0.4 is 15.3 Å². The number of carboxylic acid groups (broad SMARTS) is 1. The first-order chi connectivity index (χ1) is 18.4. The maximum Gasteiger partial charge on any atom is 0.411 e. The number of imidazole rings is 1. The minimum absolute atomic E-state index is 0.0800. The number of imide groups is 1. The molecule has 2 atom stereocenters. The lowest BCUT2D eigenvalue weighted by Crippen LogP contribution is -2.47. The van der Waals surface area contributed by atoms with E-state index in [1.165, 1.54) is 18.9 Å². The topological polar surface area (TPSA) is 114 Å². The summed E-state index contributed by atoms with van der Waals surface area (Å²) in [4.78, 5) is 54.8. The number of fused-ring (bicyclic) bond motifs is 2. The number of amides is 3. The van der Waals surface area contributed by atoms with Crippen LogP contribution in [0.5, 0.6) is 5.75 Å². The zero-order chi connectivity index (χ0) is 28.2. The van der Waals surface area contributed by atoms with Gasteiger partial charge in [-0.3, -0.25) is 28.5 Å². The molecule has 10 nitrogen and oxygen atoms in total. The molecule has 2 aliphatic rings. The van der Waals surface area contributed by atoms with Crippen molar-refractivity contribution in [3.63, 3.8) is 0 Å². The highest BCUT2D eigenvalue weighted by atomic mass is 16.5. The monoisotopic (exact) mass is 534 g/mol. The Bertz CT molecular complexity index is 1530. The van der Waals surface area contributed by atoms with Crippen LogP contribution in [0.25, 0.3) is 11.0 Å². The molecule has 39 heavy (non-hydrogen) atoms. The molecule has 3 heterocycles. The highest BCUT2D eigenvalue weighted by Gasteiger charge is 2.39. The smallest absolute Gasteiger partial charge is 0.411 e. The van der Waals surface area contributed by atoms with Crippen LogP contribution in [0, 0.1) is 11.3 Å². The van der Waals surface area contributed by atoms with Crippen molar-refractivity contribution in [3.05, 3.63) is 58.0 Å². The van der Waals surface area contributed by atoms with Crippen LogP contribution in [0.4, 0.5) is 10.5 Å². The van der Waals surface area contributed by atoms with E-state index in [1.54, 1.807) is 44.5 Å². The molecule has 5 rings (SSSR count). The summed E-state index contributed by atoms with van der Waals surface area (Å²) >= 11 is 0. The van der Waals surface area contributed by atoms with Gasteiger partial charge in [0.25, 0.3) is 5.91 Å². The van der Waals surface area contributed by atoms with Gasteiger partial charge in [-0.05, 0) is 59.6 Å². The van der Waals surface area contributed by atoms with Crippen molar-refractivity contribution in [3.8, 4) is 5.75 Å². The molecule has 10 heteroatoms. The SMILES string of the molecule is COc1ccc(CN2C(=O)CCC(n3c(=O)n(C)c4cc5c(cc43)CC(C(C)(C)C)CN5C(=O)O)C2=O)cc1. The van der Waals surface area contributed by atoms with Gasteiger partial charge >= 0.3 is 11.8 Å². The summed E-state index contributed by atoms with van der Waals surface area (Å²) in [6.45, 7) is 6.75. The number of methoxy groups -OCH3 is 1. The molecule has 1 saturated heterocycles. The summed E-state index contributed by atoms with van der Waals surface area (Å²) in [7, 11) is 3.19. The van der Waals surface area contributed by atoms with E-state index in [9.17, 15) is 24.3 Å². The predicted octanol–water partition coefficient (Wildman–Crippen LogP) is 3.94. The van der Waals surface area contributed by atoms with Gasteiger partial charge in [-0.2, -0.15) is 0 Å². The molecule has 206 valence electrons. The normalized spacial score (nSPS) is 19.9. The fourth-order valence-electron chi connectivity index (χ4n) is 5.70. The van der Waals surface area contributed by atoms with Gasteiger partial charge in [0.1, 0.15) is 11.8 Å². The van der Waals surface area contributed by atoms with Crippen molar-refractivity contribution < 1.29 is 24.2 Å². The van der Waals surface area contributed by atoms with Crippen molar-refractivity contribution in [1.82, 2.24) is 14.0 Å². The maximum atomic E-state index is 13.7. The number of aromatic nitrogens is 2. The molecule has 1 aromatic heterocycles. The lowest BCUT2D eigenvalue weighted by Gasteiger charge is -2.39. The third-order valence-corrected chi connectivity index (χ3v) is 8.20. The number of carbonyl (C=O) groups excluding carboxylic acids is 2. The van der Waals surface area contributed by atoms with Crippen LogP contribution >= 0.6 is 0 Å². The van der Waals surface area contributed by atoms with Crippen molar-refractivity contribution >= 4 is 34.6 Å². The number of likely N-dealkylation sites (tertiary alicyclic amines) is 1. The average molecular weight is 535 g/mol. The van der Waals surface area contributed by atoms with Crippen LogP contribution in [0.1, 0.15) is 50.8 Å². The fourth-order valence-corrected chi connectivity index (χ4v) is 5.70. The van der Waals surface area contributed by atoms with E-state index in [2.05, 4.69) is 20.8 Å². The van der Waals surface area contributed by atoms with Crippen molar-refractivity contribution in [2.45, 2.75) is 52.6 Å². The van der Waals surface area contributed by atoms with Crippen LogP contribution in [0.15, 0.2) is 41.2 Å². The van der Waals surface area contributed by atoms with Gasteiger partial charge in [0.15, 0.2) is 0 Å². The number of carbonyl (C=O) groups is 3. The Labute approximate surface area is 226 Å². The first-order valence-electron chi connectivity index (χ1n) is 13.1. The van der Waals surface area contributed by atoms with Gasteiger partial charge in [-0.25, -0.2) is 9.59 Å². The number of piperidine rings is 1. The highest BCUT2D eigenvalue weighted by molar-refractivity contribution is 6.00. The molecule has 3 amide bonds. The molecule has 2 unspecified atom stereocenters. The Morgan fingerprint density at radius 2 is 1.77 bits per heavy atom. The van der Waals surface area contributed by atoms with E-state index in [1.807, 2.05) is 6.07 Å². The van der Waals surface area contributed by atoms with Crippen LogP contribution in [-0.2, 0) is 29.6 Å². The molecule has 1 fully saturated rings. The summed E-state index contributed by atoms with van der Waals surface area (Å²) in [5, 5.41) is 9.98. The fraction of sp³-hybridized carbons (Fsp3) is 0.448. The minimum atomic E-state index is -1.04. The first-order valence-corrected chi connectivity index (χ1v) is 13.1. The number of hydrogen-bond acceptors (Lipinski definition) is 5. The third-order valence-electron chi connectivity index (χ3n) is 8.20. The Kier molecular flexibility index (Phi) is 6.52. The van der Waals surface area contributed by atoms with Gasteiger partial charge in [-0.1, -0.05) is 32.9 Å². The number of nitrogens with zero attached hydrogens (tertiary/aromatic N) is 4. The first kappa shape index (κ1) is 26.5. The second kappa shape index (κ2) is 9.59. The maximum absolute atomic E-state index is 13.7. The molecule has 1 N–H and O–H groups in total.